The molecule has 13 rings (SSSR count). The first-order valence-corrected chi connectivity index (χ1v) is 21.7. The van der Waals surface area contributed by atoms with Crippen LogP contribution in [0.4, 0.5) is 0 Å². The lowest BCUT2D eigenvalue weighted by Crippen LogP contribution is -2.00. The summed E-state index contributed by atoms with van der Waals surface area (Å²) >= 11 is 1.84. The summed E-state index contributed by atoms with van der Waals surface area (Å²) in [7, 11) is 0. The SMILES string of the molecule is c1cc(-c2nc(-c3ccc4c(ccc5ccccc54)c3)nc(-c3cccc4oc5c(-c6cccc7ccccc67)cccc5c34)n2)cc(-c2cccc3c2sc2ccccc23)c1. The van der Waals surface area contributed by atoms with Gasteiger partial charge in [0.05, 0.1) is 0 Å². The molecule has 10 aromatic carbocycles. The zero-order chi connectivity index (χ0) is 40.7. The molecule has 0 N–H and O–H groups in total. The molecule has 62 heavy (non-hydrogen) atoms. The van der Waals surface area contributed by atoms with Gasteiger partial charge in [0.1, 0.15) is 11.2 Å². The Labute approximate surface area is 360 Å². The first kappa shape index (κ1) is 34.8. The molecule has 0 atom stereocenters. The molecular formula is C57H33N3OS. The van der Waals surface area contributed by atoms with Gasteiger partial charge in [0.25, 0.3) is 0 Å². The second-order valence-electron chi connectivity index (χ2n) is 15.9. The maximum Gasteiger partial charge on any atom is 0.164 e. The topological polar surface area (TPSA) is 51.8 Å². The fourth-order valence-electron chi connectivity index (χ4n) is 9.41. The second kappa shape index (κ2) is 13.8. The van der Waals surface area contributed by atoms with Gasteiger partial charge in [-0.1, -0.05) is 176 Å². The van der Waals surface area contributed by atoms with Crippen molar-refractivity contribution in [2.24, 2.45) is 0 Å². The molecule has 0 radical (unpaired) electrons. The van der Waals surface area contributed by atoms with E-state index >= 15 is 0 Å². The molecule has 3 aromatic heterocycles. The molecule has 0 amide bonds. The number of benzene rings is 10. The van der Waals surface area contributed by atoms with Crippen molar-refractivity contribution in [1.82, 2.24) is 15.0 Å². The summed E-state index contributed by atoms with van der Waals surface area (Å²) in [6.07, 6.45) is 0. The third kappa shape index (κ3) is 5.49. The number of fused-ring (bicyclic) bond motifs is 10. The summed E-state index contributed by atoms with van der Waals surface area (Å²) in [5.74, 6) is 1.80. The summed E-state index contributed by atoms with van der Waals surface area (Å²) < 4.78 is 9.37. The number of nitrogens with zero attached hydrogens (tertiary/aromatic N) is 3. The Morgan fingerprint density at radius 2 is 0.919 bits per heavy atom. The summed E-state index contributed by atoms with van der Waals surface area (Å²) in [5.41, 5.74) is 8.84. The van der Waals surface area contributed by atoms with Crippen molar-refractivity contribution in [3.8, 4) is 56.4 Å². The van der Waals surface area contributed by atoms with E-state index in [0.29, 0.717) is 17.5 Å². The van der Waals surface area contributed by atoms with Gasteiger partial charge >= 0.3 is 0 Å². The maximum absolute atomic E-state index is 6.81. The van der Waals surface area contributed by atoms with Crippen molar-refractivity contribution in [2.45, 2.75) is 0 Å². The highest BCUT2D eigenvalue weighted by atomic mass is 32.1. The van der Waals surface area contributed by atoms with Crippen molar-refractivity contribution >= 4 is 85.8 Å². The lowest BCUT2D eigenvalue weighted by molar-refractivity contribution is 0.670. The summed E-state index contributed by atoms with van der Waals surface area (Å²) in [4.78, 5) is 15.9. The molecule has 0 saturated heterocycles. The molecule has 3 heterocycles. The van der Waals surface area contributed by atoms with Gasteiger partial charge in [0, 0.05) is 53.2 Å². The third-order valence-corrected chi connectivity index (χ3v) is 13.5. The van der Waals surface area contributed by atoms with Crippen molar-refractivity contribution in [2.75, 3.05) is 0 Å². The minimum Gasteiger partial charge on any atom is -0.455 e. The largest absolute Gasteiger partial charge is 0.455 e. The lowest BCUT2D eigenvalue weighted by atomic mass is 9.96. The van der Waals surface area contributed by atoms with Crippen molar-refractivity contribution < 1.29 is 4.42 Å². The summed E-state index contributed by atoms with van der Waals surface area (Å²) in [6.45, 7) is 0. The quantitative estimate of drug-likeness (QED) is 0.163. The van der Waals surface area contributed by atoms with E-state index in [1.807, 2.05) is 23.5 Å². The molecule has 0 saturated carbocycles. The molecule has 4 nitrogen and oxygen atoms in total. The van der Waals surface area contributed by atoms with E-state index in [-0.39, 0.29) is 0 Å². The van der Waals surface area contributed by atoms with Crippen molar-refractivity contribution in [1.29, 1.82) is 0 Å². The maximum atomic E-state index is 6.81. The average Bonchev–Trinajstić information content (AvgIpc) is 3.93. The molecule has 0 bridgehead atoms. The highest BCUT2D eigenvalue weighted by Crippen LogP contribution is 2.43. The molecule has 0 aliphatic heterocycles. The highest BCUT2D eigenvalue weighted by Gasteiger charge is 2.21. The normalized spacial score (nSPS) is 11.9. The first-order chi connectivity index (χ1) is 30.7. The van der Waals surface area contributed by atoms with E-state index in [4.69, 9.17) is 19.4 Å². The zero-order valence-electron chi connectivity index (χ0n) is 33.2. The number of para-hydroxylation sites is 1. The number of aromatic nitrogens is 3. The van der Waals surface area contributed by atoms with Gasteiger partial charge < -0.3 is 4.42 Å². The number of rotatable bonds is 5. The van der Waals surface area contributed by atoms with Gasteiger partial charge in [0.2, 0.25) is 0 Å². The minimum absolute atomic E-state index is 0.587. The van der Waals surface area contributed by atoms with E-state index in [1.54, 1.807) is 0 Å². The van der Waals surface area contributed by atoms with Crippen LogP contribution in [0.1, 0.15) is 0 Å². The van der Waals surface area contributed by atoms with Crippen LogP contribution in [0.15, 0.2) is 205 Å². The van der Waals surface area contributed by atoms with Crippen molar-refractivity contribution in [3.05, 3.63) is 200 Å². The van der Waals surface area contributed by atoms with Gasteiger partial charge in [-0.2, -0.15) is 0 Å². The van der Waals surface area contributed by atoms with E-state index in [0.717, 1.165) is 60.7 Å². The van der Waals surface area contributed by atoms with Crippen LogP contribution in [0.5, 0.6) is 0 Å². The molecule has 13 aromatic rings. The van der Waals surface area contributed by atoms with E-state index in [2.05, 4.69) is 188 Å². The zero-order valence-corrected chi connectivity index (χ0v) is 34.0. The van der Waals surface area contributed by atoms with Crippen molar-refractivity contribution in [3.63, 3.8) is 0 Å². The molecule has 0 aliphatic rings. The predicted molar refractivity (Wildman–Crippen MR) is 260 cm³/mol. The number of hydrogen-bond donors (Lipinski definition) is 0. The fourth-order valence-corrected chi connectivity index (χ4v) is 10.7. The lowest BCUT2D eigenvalue weighted by Gasteiger charge is -2.11. The van der Waals surface area contributed by atoms with E-state index in [9.17, 15) is 0 Å². The van der Waals surface area contributed by atoms with E-state index in [1.165, 1.54) is 52.7 Å². The molecule has 5 heteroatoms. The Morgan fingerprint density at radius 1 is 0.339 bits per heavy atom. The van der Waals surface area contributed by atoms with Crippen LogP contribution in [-0.2, 0) is 0 Å². The van der Waals surface area contributed by atoms with Crippen LogP contribution in [0.2, 0.25) is 0 Å². The van der Waals surface area contributed by atoms with Crippen LogP contribution in [0.3, 0.4) is 0 Å². The van der Waals surface area contributed by atoms with Crippen LogP contribution >= 0.6 is 11.3 Å². The predicted octanol–water partition coefficient (Wildman–Crippen LogP) is 15.9. The van der Waals surface area contributed by atoms with E-state index < -0.39 is 0 Å². The molecule has 0 aliphatic carbocycles. The van der Waals surface area contributed by atoms with Gasteiger partial charge in [-0.25, -0.2) is 15.0 Å². The molecular weight excluding hydrogens is 775 g/mol. The van der Waals surface area contributed by atoms with Crippen LogP contribution in [0.25, 0.3) is 131 Å². The molecule has 0 fully saturated rings. The Hall–Kier alpha value is -7.99. The van der Waals surface area contributed by atoms with Crippen LogP contribution < -0.4 is 0 Å². The Balaban J connectivity index is 1.02. The Kier molecular flexibility index (Phi) is 7.74. The smallest absolute Gasteiger partial charge is 0.164 e. The van der Waals surface area contributed by atoms with Crippen LogP contribution in [0, 0.1) is 0 Å². The molecule has 0 unspecified atom stereocenters. The van der Waals surface area contributed by atoms with Crippen LogP contribution in [-0.4, -0.2) is 15.0 Å². The minimum atomic E-state index is 0.587. The highest BCUT2D eigenvalue weighted by molar-refractivity contribution is 7.26. The fraction of sp³-hybridized carbons (Fsp3) is 0. The standard InChI is InChI=1S/C57H33N3OS/c1-4-18-41-34(12-1)14-8-21-44(41)46-22-10-24-48-52-49(25-11-26-50(52)61-53(46)48)57-59-55(58-56(60-57)39-30-31-42-37(33-39)29-28-35-13-2-3-17-40(35)42)38-16-7-15-36(32-38)43-20-9-23-47-45-19-5-6-27-51(45)62-54(43)47/h1-33H. The Bertz CT molecular complexity index is 3950. The molecule has 288 valence electrons. The van der Waals surface area contributed by atoms with Gasteiger partial charge in [-0.05, 0) is 73.3 Å². The van der Waals surface area contributed by atoms with Gasteiger partial charge in [0.15, 0.2) is 17.5 Å². The second-order valence-corrected chi connectivity index (χ2v) is 16.9. The Morgan fingerprint density at radius 3 is 1.81 bits per heavy atom. The number of furan rings is 1. The third-order valence-electron chi connectivity index (χ3n) is 12.3. The monoisotopic (exact) mass is 807 g/mol. The number of thiophene rings is 1. The summed E-state index contributed by atoms with van der Waals surface area (Å²) in [5, 5.41) is 11.7. The average molecular weight is 808 g/mol. The molecule has 0 spiro atoms. The summed E-state index contributed by atoms with van der Waals surface area (Å²) in [6, 6.07) is 70.9. The van der Waals surface area contributed by atoms with Gasteiger partial charge in [-0.3, -0.25) is 0 Å². The first-order valence-electron chi connectivity index (χ1n) is 20.8. The number of hydrogen-bond acceptors (Lipinski definition) is 5. The van der Waals surface area contributed by atoms with Gasteiger partial charge in [-0.15, -0.1) is 11.3 Å².